The van der Waals surface area contributed by atoms with Crippen LogP contribution in [0, 0.1) is 0 Å². The highest BCUT2D eigenvalue weighted by Gasteiger charge is 2.26. The predicted molar refractivity (Wildman–Crippen MR) is 107 cm³/mol. The summed E-state index contributed by atoms with van der Waals surface area (Å²) < 4.78 is 38.5. The average molecular weight is 415 g/mol. The first-order valence-corrected chi connectivity index (χ1v) is 12.0. The highest BCUT2D eigenvalue weighted by molar-refractivity contribution is 7.91. The molecule has 8 nitrogen and oxygen atoms in total. The molecule has 28 heavy (non-hydrogen) atoms. The van der Waals surface area contributed by atoms with Crippen molar-refractivity contribution in [3.8, 4) is 0 Å². The minimum absolute atomic E-state index is 0.0715. The first-order chi connectivity index (χ1) is 13.5. The van der Waals surface area contributed by atoms with Crippen LogP contribution in [0.3, 0.4) is 0 Å². The Bertz CT molecular complexity index is 710. The molecule has 2 fully saturated rings. The van der Waals surface area contributed by atoms with Gasteiger partial charge in [-0.1, -0.05) is 6.92 Å². The number of aromatic nitrogens is 2. The molecule has 1 atom stereocenters. The van der Waals surface area contributed by atoms with Crippen molar-refractivity contribution in [2.75, 3.05) is 58.8 Å². The van der Waals surface area contributed by atoms with Gasteiger partial charge < -0.3 is 14.0 Å². The van der Waals surface area contributed by atoms with E-state index in [4.69, 9.17) is 9.47 Å². The highest BCUT2D eigenvalue weighted by atomic mass is 32.2. The van der Waals surface area contributed by atoms with E-state index >= 15 is 0 Å². The lowest BCUT2D eigenvalue weighted by Crippen LogP contribution is -2.40. The normalized spacial score (nSPS) is 21.6. The van der Waals surface area contributed by atoms with E-state index < -0.39 is 9.84 Å². The van der Waals surface area contributed by atoms with E-state index in [0.717, 1.165) is 64.5 Å². The van der Waals surface area contributed by atoms with Crippen LogP contribution < -0.4 is 0 Å². The van der Waals surface area contributed by atoms with Crippen LogP contribution in [0.15, 0.2) is 11.4 Å². The molecule has 0 N–H and O–H groups in total. The maximum atomic E-state index is 12.7. The molecule has 0 aliphatic carbocycles. The number of imidazole rings is 1. The van der Waals surface area contributed by atoms with Gasteiger partial charge in [0.15, 0.2) is 0 Å². The van der Waals surface area contributed by atoms with E-state index in [1.54, 1.807) is 6.20 Å². The fourth-order valence-corrected chi connectivity index (χ4v) is 5.27. The number of sulfone groups is 1. The number of hydrogen-bond acceptors (Lipinski definition) is 7. The Labute approximate surface area is 168 Å². The van der Waals surface area contributed by atoms with Gasteiger partial charge in [-0.05, 0) is 26.3 Å². The molecule has 160 valence electrons. The molecule has 0 bridgehead atoms. The first-order valence-electron chi connectivity index (χ1n) is 10.4. The van der Waals surface area contributed by atoms with Gasteiger partial charge in [0.2, 0.25) is 15.0 Å². The van der Waals surface area contributed by atoms with E-state index in [1.165, 1.54) is 0 Å². The van der Waals surface area contributed by atoms with Crippen molar-refractivity contribution in [2.24, 2.45) is 0 Å². The molecule has 0 spiro atoms. The minimum Gasteiger partial charge on any atom is -0.379 e. The Balaban J connectivity index is 1.68. The largest absolute Gasteiger partial charge is 0.379 e. The average Bonchev–Trinajstić information content (AvgIpc) is 3.32. The van der Waals surface area contributed by atoms with Crippen molar-refractivity contribution < 1.29 is 17.9 Å². The van der Waals surface area contributed by atoms with Crippen LogP contribution in [0.4, 0.5) is 0 Å². The van der Waals surface area contributed by atoms with E-state index in [1.807, 2.05) is 11.5 Å². The van der Waals surface area contributed by atoms with Crippen molar-refractivity contribution >= 4 is 9.84 Å². The summed E-state index contributed by atoms with van der Waals surface area (Å²) >= 11 is 0. The van der Waals surface area contributed by atoms with Gasteiger partial charge in [-0.3, -0.25) is 9.80 Å². The lowest BCUT2D eigenvalue weighted by molar-refractivity contribution is 0.0340. The topological polar surface area (TPSA) is 76.9 Å². The van der Waals surface area contributed by atoms with Gasteiger partial charge in [-0.2, -0.15) is 0 Å². The Morgan fingerprint density at radius 3 is 2.75 bits per heavy atom. The number of likely N-dealkylation sites (N-methyl/N-ethyl adjacent to an activating group) is 1. The van der Waals surface area contributed by atoms with Gasteiger partial charge in [0.05, 0.1) is 43.5 Å². The summed E-state index contributed by atoms with van der Waals surface area (Å²) in [5.74, 6) is 0.127. The summed E-state index contributed by atoms with van der Waals surface area (Å²) in [4.78, 5) is 8.95. The highest BCUT2D eigenvalue weighted by Crippen LogP contribution is 2.20. The Kier molecular flexibility index (Phi) is 7.87. The van der Waals surface area contributed by atoms with Crippen molar-refractivity contribution in [3.05, 3.63) is 11.9 Å². The van der Waals surface area contributed by atoms with Gasteiger partial charge in [-0.15, -0.1) is 0 Å². The fourth-order valence-electron chi connectivity index (χ4n) is 3.81. The molecule has 0 aromatic carbocycles. The number of ether oxygens (including phenoxy) is 2. The van der Waals surface area contributed by atoms with Crippen molar-refractivity contribution in [1.82, 2.24) is 19.4 Å². The van der Waals surface area contributed by atoms with E-state index in [9.17, 15) is 8.42 Å². The molecular formula is C19H34N4O4S. The molecule has 2 saturated heterocycles. The maximum absolute atomic E-state index is 12.7. The Morgan fingerprint density at radius 2 is 2.07 bits per heavy atom. The molecule has 2 aliphatic rings. The summed E-state index contributed by atoms with van der Waals surface area (Å²) in [5, 5.41) is 0.196. The third kappa shape index (κ3) is 5.76. The van der Waals surface area contributed by atoms with Crippen LogP contribution in [0.5, 0.6) is 0 Å². The third-order valence-electron chi connectivity index (χ3n) is 5.40. The predicted octanol–water partition coefficient (Wildman–Crippen LogP) is 1.01. The molecule has 3 heterocycles. The standard InChI is InChI=1S/C19H34N4O4S/c1-3-13-28(24,25)19-20-14-17(23(19)16-18-5-4-10-27-18)15-21(2)6-7-22-8-11-26-12-9-22/h14,18H,3-13,15-16H2,1-2H3/t18-/m1/s1. The molecule has 0 radical (unpaired) electrons. The zero-order valence-corrected chi connectivity index (χ0v) is 18.0. The SMILES string of the molecule is CCCS(=O)(=O)c1ncc(CN(C)CCN2CCOCC2)n1C[C@H]1CCCO1. The monoisotopic (exact) mass is 414 g/mol. The van der Waals surface area contributed by atoms with Crippen LogP contribution >= 0.6 is 0 Å². The zero-order chi connectivity index (χ0) is 20.0. The van der Waals surface area contributed by atoms with E-state index in [2.05, 4.69) is 21.8 Å². The Hall–Kier alpha value is -1.00. The zero-order valence-electron chi connectivity index (χ0n) is 17.2. The summed E-state index contributed by atoms with van der Waals surface area (Å²) in [6.45, 7) is 9.33. The lowest BCUT2D eigenvalue weighted by atomic mass is 10.2. The number of morpholine rings is 1. The molecule has 1 aromatic heterocycles. The van der Waals surface area contributed by atoms with Crippen LogP contribution in [0.25, 0.3) is 0 Å². The minimum atomic E-state index is -3.37. The van der Waals surface area contributed by atoms with Crippen LogP contribution in [-0.4, -0.2) is 92.7 Å². The Morgan fingerprint density at radius 1 is 1.29 bits per heavy atom. The quantitative estimate of drug-likeness (QED) is 0.565. The third-order valence-corrected chi connectivity index (χ3v) is 7.22. The second kappa shape index (κ2) is 10.2. The second-order valence-electron chi connectivity index (χ2n) is 7.79. The smallest absolute Gasteiger partial charge is 0.227 e. The lowest BCUT2D eigenvalue weighted by Gasteiger charge is -2.28. The van der Waals surface area contributed by atoms with Crippen molar-refractivity contribution in [2.45, 2.75) is 50.5 Å². The van der Waals surface area contributed by atoms with Gasteiger partial charge >= 0.3 is 0 Å². The van der Waals surface area contributed by atoms with Crippen molar-refractivity contribution in [3.63, 3.8) is 0 Å². The van der Waals surface area contributed by atoms with Crippen LogP contribution in [0.2, 0.25) is 0 Å². The van der Waals surface area contributed by atoms with E-state index in [-0.39, 0.29) is 17.0 Å². The molecule has 2 aliphatic heterocycles. The molecular weight excluding hydrogens is 380 g/mol. The van der Waals surface area contributed by atoms with Crippen molar-refractivity contribution in [1.29, 1.82) is 0 Å². The molecule has 1 aromatic rings. The summed E-state index contributed by atoms with van der Waals surface area (Å²) in [6.07, 6.45) is 4.39. The summed E-state index contributed by atoms with van der Waals surface area (Å²) in [7, 11) is -1.30. The number of hydrogen-bond donors (Lipinski definition) is 0. The fraction of sp³-hybridized carbons (Fsp3) is 0.842. The summed E-state index contributed by atoms with van der Waals surface area (Å²) in [5.41, 5.74) is 0.939. The molecule has 0 unspecified atom stereocenters. The van der Waals surface area contributed by atoms with Gasteiger partial charge in [0, 0.05) is 39.3 Å². The second-order valence-corrected chi connectivity index (χ2v) is 9.79. The molecule has 0 saturated carbocycles. The van der Waals surface area contributed by atoms with Crippen LogP contribution in [-0.2, 0) is 32.4 Å². The molecule has 3 rings (SSSR count). The van der Waals surface area contributed by atoms with Gasteiger partial charge in [0.1, 0.15) is 0 Å². The molecule has 9 heteroatoms. The maximum Gasteiger partial charge on any atom is 0.227 e. The molecule has 0 amide bonds. The summed E-state index contributed by atoms with van der Waals surface area (Å²) in [6, 6.07) is 0. The van der Waals surface area contributed by atoms with Gasteiger partial charge in [-0.25, -0.2) is 13.4 Å². The number of rotatable bonds is 10. The first kappa shape index (κ1) is 21.7. The van der Waals surface area contributed by atoms with Crippen LogP contribution in [0.1, 0.15) is 31.9 Å². The van der Waals surface area contributed by atoms with E-state index in [0.29, 0.717) is 19.5 Å². The van der Waals surface area contributed by atoms with Gasteiger partial charge in [0.25, 0.3) is 0 Å². The number of nitrogens with zero attached hydrogens (tertiary/aromatic N) is 4.